The highest BCUT2D eigenvalue weighted by molar-refractivity contribution is 6.49. The van der Waals surface area contributed by atoms with Gasteiger partial charge in [-0.25, -0.2) is 4.39 Å². The molecule has 1 aromatic carbocycles. The van der Waals surface area contributed by atoms with Crippen molar-refractivity contribution in [3.63, 3.8) is 0 Å². The maximum absolute atomic E-state index is 13.9. The second-order valence-corrected chi connectivity index (χ2v) is 8.43. The van der Waals surface area contributed by atoms with Gasteiger partial charge in [-0.1, -0.05) is 6.07 Å². The third kappa shape index (κ3) is 2.95. The Balaban J connectivity index is 1.77. The normalized spacial score (nSPS) is 29.0. The average molecular weight is 320 g/mol. The molecule has 0 amide bonds. The zero-order chi connectivity index (χ0) is 17.2. The molecule has 5 heteroatoms. The Labute approximate surface area is 138 Å². The van der Waals surface area contributed by atoms with E-state index in [-0.39, 0.29) is 30.0 Å². The maximum atomic E-state index is 13.9. The molecule has 126 valence electrons. The fourth-order valence-electron chi connectivity index (χ4n) is 3.20. The molecule has 0 radical (unpaired) electrons. The highest BCUT2D eigenvalue weighted by Gasteiger charge is 2.59. The monoisotopic (exact) mass is 320 g/mol. The third-order valence-corrected chi connectivity index (χ3v) is 5.54. The fourth-order valence-corrected chi connectivity index (χ4v) is 3.20. The van der Waals surface area contributed by atoms with Crippen molar-refractivity contribution in [3.8, 4) is 0 Å². The zero-order valence-electron chi connectivity index (χ0n) is 14.8. The number of benzene rings is 1. The molecule has 1 saturated heterocycles. The summed E-state index contributed by atoms with van der Waals surface area (Å²) >= 11 is 0. The molecule has 1 aliphatic carbocycles. The summed E-state index contributed by atoms with van der Waals surface area (Å²) in [5, 5.41) is 10.1. The van der Waals surface area contributed by atoms with Crippen molar-refractivity contribution in [2.45, 2.75) is 76.5 Å². The van der Waals surface area contributed by atoms with Crippen molar-refractivity contribution in [3.05, 3.63) is 35.1 Å². The molecule has 1 saturated carbocycles. The lowest BCUT2D eigenvalue weighted by Crippen LogP contribution is -2.41. The highest BCUT2D eigenvalue weighted by atomic mass is 19.1. The molecule has 0 bridgehead atoms. The van der Waals surface area contributed by atoms with Gasteiger partial charge in [0.15, 0.2) is 0 Å². The van der Waals surface area contributed by atoms with Gasteiger partial charge in [-0.05, 0) is 71.6 Å². The topological polar surface area (TPSA) is 38.7 Å². The van der Waals surface area contributed by atoms with E-state index in [9.17, 15) is 9.50 Å². The van der Waals surface area contributed by atoms with Gasteiger partial charge in [0.1, 0.15) is 5.82 Å². The van der Waals surface area contributed by atoms with E-state index in [1.807, 2.05) is 0 Å². The molecule has 3 nitrogen and oxygen atoms in total. The molecule has 2 fully saturated rings. The molecule has 1 N–H and O–H groups in total. The smallest absolute Gasteiger partial charge is 0.403 e. The summed E-state index contributed by atoms with van der Waals surface area (Å²) in [4.78, 5) is 0. The molecule has 1 aromatic rings. The van der Waals surface area contributed by atoms with E-state index in [4.69, 9.17) is 9.31 Å². The van der Waals surface area contributed by atoms with Crippen LogP contribution < -0.4 is 0 Å². The lowest BCUT2D eigenvalue weighted by molar-refractivity contribution is 0.00578. The van der Waals surface area contributed by atoms with Gasteiger partial charge in [-0.2, -0.15) is 0 Å². The quantitative estimate of drug-likeness (QED) is 0.856. The van der Waals surface area contributed by atoms with Crippen LogP contribution in [-0.2, 0) is 14.9 Å². The molecule has 1 aliphatic heterocycles. The van der Waals surface area contributed by atoms with Crippen LogP contribution in [0.4, 0.5) is 4.39 Å². The predicted molar refractivity (Wildman–Crippen MR) is 88.8 cm³/mol. The van der Waals surface area contributed by atoms with Crippen molar-refractivity contribution in [1.82, 2.24) is 0 Å². The van der Waals surface area contributed by atoms with Crippen LogP contribution in [-0.4, -0.2) is 23.4 Å². The van der Waals surface area contributed by atoms with Gasteiger partial charge < -0.3 is 14.4 Å². The van der Waals surface area contributed by atoms with Crippen LogP contribution in [0.15, 0.2) is 18.2 Å². The molecule has 2 atom stereocenters. The van der Waals surface area contributed by atoms with Crippen LogP contribution in [0.2, 0.25) is 5.82 Å². The first kappa shape index (κ1) is 16.9. The minimum atomic E-state index is -1.19. The van der Waals surface area contributed by atoms with Crippen LogP contribution in [0.5, 0.6) is 0 Å². The van der Waals surface area contributed by atoms with E-state index in [0.29, 0.717) is 11.5 Å². The Bertz CT molecular complexity index is 605. The molecule has 0 aromatic heterocycles. The Morgan fingerprint density at radius 3 is 2.26 bits per heavy atom. The molecular weight excluding hydrogens is 294 g/mol. The van der Waals surface area contributed by atoms with Gasteiger partial charge >= 0.3 is 7.12 Å². The second-order valence-electron chi connectivity index (χ2n) is 8.43. The number of hydrogen-bond donors (Lipinski definition) is 1. The van der Waals surface area contributed by atoms with E-state index >= 15 is 0 Å². The highest BCUT2D eigenvalue weighted by Crippen LogP contribution is 2.58. The molecule has 1 heterocycles. The second kappa shape index (κ2) is 5.04. The van der Waals surface area contributed by atoms with E-state index < -0.39 is 5.60 Å². The summed E-state index contributed by atoms with van der Waals surface area (Å²) in [6.07, 6.45) is 0.966. The standard InChI is InChI=1S/C18H26BFO3/c1-16(2,21)13-9-11(7-8-15(13)20)12-10-14(12)19-22-17(3,4)18(5,6)23-19/h7-9,12,14,21H,10H2,1-6H3/t12-,14+/m1/s1. The summed E-state index contributed by atoms with van der Waals surface area (Å²) in [7, 11) is -0.222. The van der Waals surface area contributed by atoms with Crippen LogP contribution in [0.25, 0.3) is 0 Å². The van der Waals surface area contributed by atoms with Crippen LogP contribution in [0.1, 0.15) is 65.0 Å². The summed E-state index contributed by atoms with van der Waals surface area (Å²) in [6.45, 7) is 11.4. The number of rotatable bonds is 3. The van der Waals surface area contributed by atoms with Crippen molar-refractivity contribution >= 4 is 7.12 Å². The molecule has 2 aliphatic rings. The molecule has 0 unspecified atom stereocenters. The Kier molecular flexibility index (Phi) is 3.71. The first-order valence-corrected chi connectivity index (χ1v) is 8.30. The third-order valence-electron chi connectivity index (χ3n) is 5.54. The number of halogens is 1. The summed E-state index contributed by atoms with van der Waals surface area (Å²) < 4.78 is 26.2. The average Bonchev–Trinajstić information content (AvgIpc) is 3.12. The molecule has 3 rings (SSSR count). The van der Waals surface area contributed by atoms with Gasteiger partial charge in [-0.3, -0.25) is 0 Å². The van der Waals surface area contributed by atoms with Crippen LogP contribution in [0.3, 0.4) is 0 Å². The minimum absolute atomic E-state index is 0.222. The lowest BCUT2D eigenvalue weighted by atomic mass is 9.79. The number of aliphatic hydroxyl groups is 1. The molecule has 23 heavy (non-hydrogen) atoms. The first-order chi connectivity index (χ1) is 10.4. The Morgan fingerprint density at radius 2 is 1.74 bits per heavy atom. The maximum Gasteiger partial charge on any atom is 0.461 e. The van der Waals surface area contributed by atoms with Gasteiger partial charge in [0.25, 0.3) is 0 Å². The lowest BCUT2D eigenvalue weighted by Gasteiger charge is -2.32. The van der Waals surface area contributed by atoms with Gasteiger partial charge in [0.2, 0.25) is 0 Å². The van der Waals surface area contributed by atoms with Crippen molar-refractivity contribution in [1.29, 1.82) is 0 Å². The van der Waals surface area contributed by atoms with E-state index in [1.54, 1.807) is 26.0 Å². The minimum Gasteiger partial charge on any atom is -0.403 e. The largest absolute Gasteiger partial charge is 0.461 e. The fraction of sp³-hybridized carbons (Fsp3) is 0.667. The summed E-state index contributed by atoms with van der Waals surface area (Å²) in [5.74, 6) is 0.219. The number of hydrogen-bond acceptors (Lipinski definition) is 3. The van der Waals surface area contributed by atoms with Crippen molar-refractivity contribution < 1.29 is 18.8 Å². The predicted octanol–water partition coefficient (Wildman–Crippen LogP) is 4.00. The van der Waals surface area contributed by atoms with Gasteiger partial charge in [0, 0.05) is 11.4 Å². The van der Waals surface area contributed by atoms with E-state index in [2.05, 4.69) is 27.7 Å². The summed E-state index contributed by atoms with van der Waals surface area (Å²) in [5.41, 5.74) is -0.454. The Hall–Kier alpha value is -0.905. The summed E-state index contributed by atoms with van der Waals surface area (Å²) in [6, 6.07) is 5.04. The van der Waals surface area contributed by atoms with Crippen molar-refractivity contribution in [2.75, 3.05) is 0 Å². The van der Waals surface area contributed by atoms with Crippen LogP contribution in [0, 0.1) is 5.82 Å². The van der Waals surface area contributed by atoms with E-state index in [1.165, 1.54) is 6.07 Å². The van der Waals surface area contributed by atoms with Gasteiger partial charge in [-0.15, -0.1) is 0 Å². The molecule has 0 spiro atoms. The molecular formula is C18H26BFO3. The zero-order valence-corrected chi connectivity index (χ0v) is 14.8. The van der Waals surface area contributed by atoms with Gasteiger partial charge in [0.05, 0.1) is 16.8 Å². The SMILES string of the molecule is CC(C)(O)c1cc([C@H]2C[C@@H]2B2OC(C)(C)C(C)(C)O2)ccc1F. The van der Waals surface area contributed by atoms with Crippen LogP contribution >= 0.6 is 0 Å². The van der Waals surface area contributed by atoms with Crippen molar-refractivity contribution in [2.24, 2.45) is 0 Å². The first-order valence-electron chi connectivity index (χ1n) is 8.30. The van der Waals surface area contributed by atoms with E-state index in [0.717, 1.165) is 12.0 Å². The Morgan fingerprint density at radius 1 is 1.17 bits per heavy atom.